The standard InChI is InChI=1S/C20H16O6/c1-22-17-10-19(24-3)18(23-2)8-13(17)14-7-12-6-11-4-5-25-15(11)9-16(12)26-20(14)21/h4-10H,1-3H3. The Kier molecular flexibility index (Phi) is 3.80. The highest BCUT2D eigenvalue weighted by molar-refractivity contribution is 5.94. The summed E-state index contributed by atoms with van der Waals surface area (Å²) < 4.78 is 26.9. The van der Waals surface area contributed by atoms with Crippen molar-refractivity contribution in [1.82, 2.24) is 0 Å². The average molecular weight is 352 g/mol. The Balaban J connectivity index is 1.99. The van der Waals surface area contributed by atoms with Crippen LogP contribution in [-0.4, -0.2) is 21.3 Å². The van der Waals surface area contributed by atoms with Crippen LogP contribution in [0.2, 0.25) is 0 Å². The molecule has 0 radical (unpaired) electrons. The fraction of sp³-hybridized carbons (Fsp3) is 0.150. The summed E-state index contributed by atoms with van der Waals surface area (Å²) in [5, 5.41) is 1.71. The van der Waals surface area contributed by atoms with Gasteiger partial charge in [0.05, 0.1) is 33.2 Å². The third-order valence-electron chi connectivity index (χ3n) is 4.30. The summed E-state index contributed by atoms with van der Waals surface area (Å²) in [4.78, 5) is 12.6. The Hall–Kier alpha value is -3.41. The molecule has 0 amide bonds. The van der Waals surface area contributed by atoms with E-state index < -0.39 is 5.63 Å². The van der Waals surface area contributed by atoms with Crippen LogP contribution in [0.25, 0.3) is 33.1 Å². The van der Waals surface area contributed by atoms with Gasteiger partial charge in [-0.2, -0.15) is 0 Å². The van der Waals surface area contributed by atoms with Gasteiger partial charge in [-0.15, -0.1) is 0 Å². The predicted octanol–water partition coefficient (Wildman–Crippen LogP) is 4.23. The molecular formula is C20H16O6. The molecule has 0 saturated carbocycles. The van der Waals surface area contributed by atoms with Gasteiger partial charge in [-0.1, -0.05) is 0 Å². The predicted molar refractivity (Wildman–Crippen MR) is 97.3 cm³/mol. The van der Waals surface area contributed by atoms with E-state index in [1.807, 2.05) is 12.1 Å². The molecule has 0 spiro atoms. The summed E-state index contributed by atoms with van der Waals surface area (Å²) in [6.45, 7) is 0. The Labute approximate surface area is 148 Å². The highest BCUT2D eigenvalue weighted by Gasteiger charge is 2.18. The van der Waals surface area contributed by atoms with Crippen LogP contribution in [0.15, 0.2) is 56.3 Å². The zero-order valence-electron chi connectivity index (χ0n) is 14.5. The van der Waals surface area contributed by atoms with E-state index in [1.165, 1.54) is 21.3 Å². The molecule has 26 heavy (non-hydrogen) atoms. The summed E-state index contributed by atoms with van der Waals surface area (Å²) in [6.07, 6.45) is 1.60. The molecule has 0 aliphatic heterocycles. The summed E-state index contributed by atoms with van der Waals surface area (Å²) in [7, 11) is 4.60. The number of hydrogen-bond donors (Lipinski definition) is 0. The average Bonchev–Trinajstić information content (AvgIpc) is 3.11. The van der Waals surface area contributed by atoms with Crippen molar-refractivity contribution in [2.45, 2.75) is 0 Å². The number of hydrogen-bond acceptors (Lipinski definition) is 6. The largest absolute Gasteiger partial charge is 0.496 e. The number of ether oxygens (including phenoxy) is 3. The van der Waals surface area contributed by atoms with Gasteiger partial charge in [0.25, 0.3) is 0 Å². The molecule has 0 aliphatic rings. The topological polar surface area (TPSA) is 71.0 Å². The van der Waals surface area contributed by atoms with Crippen LogP contribution in [0.4, 0.5) is 0 Å². The normalized spacial score (nSPS) is 11.0. The lowest BCUT2D eigenvalue weighted by atomic mass is 10.0. The second-order valence-electron chi connectivity index (χ2n) is 5.70. The van der Waals surface area contributed by atoms with E-state index in [0.717, 1.165) is 10.8 Å². The van der Waals surface area contributed by atoms with Gasteiger partial charge in [0.15, 0.2) is 11.5 Å². The number of rotatable bonds is 4. The SMILES string of the molecule is COc1cc(OC)c(-c2cc3cc4ccoc4cc3oc2=O)cc1OC. The molecular weight excluding hydrogens is 336 g/mol. The smallest absolute Gasteiger partial charge is 0.344 e. The van der Waals surface area contributed by atoms with Crippen molar-refractivity contribution >= 4 is 21.9 Å². The second-order valence-corrected chi connectivity index (χ2v) is 5.70. The van der Waals surface area contributed by atoms with Crippen LogP contribution in [0.3, 0.4) is 0 Å². The van der Waals surface area contributed by atoms with Gasteiger partial charge in [0.1, 0.15) is 16.9 Å². The Morgan fingerprint density at radius 2 is 1.46 bits per heavy atom. The Bertz CT molecular complexity index is 1170. The third-order valence-corrected chi connectivity index (χ3v) is 4.30. The first-order valence-corrected chi connectivity index (χ1v) is 7.90. The van der Waals surface area contributed by atoms with Crippen molar-refractivity contribution in [3.05, 3.63) is 53.1 Å². The number of furan rings is 1. The number of methoxy groups -OCH3 is 3. The first-order chi connectivity index (χ1) is 12.6. The maximum Gasteiger partial charge on any atom is 0.344 e. The minimum Gasteiger partial charge on any atom is -0.496 e. The number of fused-ring (bicyclic) bond motifs is 2. The van der Waals surface area contributed by atoms with Gasteiger partial charge >= 0.3 is 5.63 Å². The van der Waals surface area contributed by atoms with Crippen LogP contribution in [0.5, 0.6) is 17.2 Å². The molecule has 4 rings (SSSR count). The summed E-state index contributed by atoms with van der Waals surface area (Å²) >= 11 is 0. The Morgan fingerprint density at radius 3 is 2.19 bits per heavy atom. The first kappa shape index (κ1) is 16.1. The molecule has 6 heteroatoms. The van der Waals surface area contributed by atoms with E-state index in [-0.39, 0.29) is 0 Å². The molecule has 0 aliphatic carbocycles. The van der Waals surface area contributed by atoms with Crippen molar-refractivity contribution in [1.29, 1.82) is 0 Å². The van der Waals surface area contributed by atoms with Gasteiger partial charge in [0, 0.05) is 28.5 Å². The van der Waals surface area contributed by atoms with E-state index in [9.17, 15) is 4.79 Å². The molecule has 0 saturated heterocycles. The van der Waals surface area contributed by atoms with Crippen molar-refractivity contribution in [3.63, 3.8) is 0 Å². The van der Waals surface area contributed by atoms with E-state index in [4.69, 9.17) is 23.0 Å². The lowest BCUT2D eigenvalue weighted by molar-refractivity contribution is 0.349. The van der Waals surface area contributed by atoms with E-state index in [1.54, 1.807) is 30.5 Å². The molecule has 132 valence electrons. The molecule has 2 aromatic carbocycles. The zero-order valence-corrected chi connectivity index (χ0v) is 14.5. The molecule has 0 bridgehead atoms. The molecule has 6 nitrogen and oxygen atoms in total. The summed E-state index contributed by atoms with van der Waals surface area (Å²) in [6, 6.07) is 10.6. The fourth-order valence-corrected chi connectivity index (χ4v) is 3.01. The molecule has 4 aromatic rings. The monoisotopic (exact) mass is 352 g/mol. The quantitative estimate of drug-likeness (QED) is 0.512. The molecule has 0 fully saturated rings. The molecule has 0 N–H and O–H groups in total. The maximum absolute atomic E-state index is 12.6. The summed E-state index contributed by atoms with van der Waals surface area (Å²) in [5.41, 5.74) is 1.58. The van der Waals surface area contributed by atoms with Crippen molar-refractivity contribution in [3.8, 4) is 28.4 Å². The second kappa shape index (κ2) is 6.15. The van der Waals surface area contributed by atoms with Crippen LogP contribution in [0.1, 0.15) is 0 Å². The van der Waals surface area contributed by atoms with Crippen molar-refractivity contribution in [2.75, 3.05) is 21.3 Å². The van der Waals surface area contributed by atoms with Crippen LogP contribution in [0, 0.1) is 0 Å². The van der Waals surface area contributed by atoms with Crippen LogP contribution < -0.4 is 19.8 Å². The molecule has 2 aromatic heterocycles. The highest BCUT2D eigenvalue weighted by atomic mass is 16.5. The summed E-state index contributed by atoms with van der Waals surface area (Å²) in [5.74, 6) is 1.49. The highest BCUT2D eigenvalue weighted by Crippen LogP contribution is 2.39. The lowest BCUT2D eigenvalue weighted by Gasteiger charge is -2.14. The minimum atomic E-state index is -0.478. The lowest BCUT2D eigenvalue weighted by Crippen LogP contribution is -2.04. The van der Waals surface area contributed by atoms with E-state index >= 15 is 0 Å². The molecule has 2 heterocycles. The van der Waals surface area contributed by atoms with Gasteiger partial charge < -0.3 is 23.0 Å². The van der Waals surface area contributed by atoms with Gasteiger partial charge in [-0.05, 0) is 24.3 Å². The van der Waals surface area contributed by atoms with Gasteiger partial charge in [-0.25, -0.2) is 4.79 Å². The van der Waals surface area contributed by atoms with E-state index in [2.05, 4.69) is 0 Å². The van der Waals surface area contributed by atoms with Crippen molar-refractivity contribution in [2.24, 2.45) is 0 Å². The minimum absolute atomic E-state index is 0.373. The molecule has 0 atom stereocenters. The van der Waals surface area contributed by atoms with Gasteiger partial charge in [0.2, 0.25) is 0 Å². The first-order valence-electron chi connectivity index (χ1n) is 7.90. The zero-order chi connectivity index (χ0) is 18.3. The van der Waals surface area contributed by atoms with Gasteiger partial charge in [-0.3, -0.25) is 0 Å². The Morgan fingerprint density at radius 1 is 0.731 bits per heavy atom. The number of benzene rings is 2. The third kappa shape index (κ3) is 2.47. The van der Waals surface area contributed by atoms with Crippen LogP contribution >= 0.6 is 0 Å². The van der Waals surface area contributed by atoms with Crippen LogP contribution in [-0.2, 0) is 0 Å². The molecule has 0 unspecified atom stereocenters. The fourth-order valence-electron chi connectivity index (χ4n) is 3.01. The van der Waals surface area contributed by atoms with Crippen molar-refractivity contribution < 1.29 is 23.0 Å². The van der Waals surface area contributed by atoms with E-state index in [0.29, 0.717) is 39.5 Å². The maximum atomic E-state index is 12.6.